The van der Waals surface area contributed by atoms with Crippen LogP contribution < -0.4 is 0 Å². The van der Waals surface area contributed by atoms with Crippen molar-refractivity contribution in [2.75, 3.05) is 0 Å². The second-order valence-electron chi connectivity index (χ2n) is 3.10. The van der Waals surface area contributed by atoms with Crippen molar-refractivity contribution in [3.63, 3.8) is 0 Å². The first-order chi connectivity index (χ1) is 7.70. The van der Waals surface area contributed by atoms with Crippen molar-refractivity contribution < 1.29 is 4.39 Å². The lowest BCUT2D eigenvalue weighted by atomic mass is 10.1. The summed E-state index contributed by atoms with van der Waals surface area (Å²) in [4.78, 5) is 0. The van der Waals surface area contributed by atoms with E-state index in [4.69, 9.17) is 23.2 Å². The zero-order chi connectivity index (χ0) is 11.5. The molecule has 1 aromatic carbocycles. The Balaban J connectivity index is 2.26. The highest BCUT2D eigenvalue weighted by molar-refractivity contribution is 7.11. The molecule has 0 saturated heterocycles. The molecule has 0 radical (unpaired) electrons. The van der Waals surface area contributed by atoms with Crippen molar-refractivity contribution >= 4 is 34.5 Å². The predicted octanol–water partition coefficient (Wildman–Crippen LogP) is 3.66. The van der Waals surface area contributed by atoms with Crippen LogP contribution in [0.5, 0.6) is 0 Å². The highest BCUT2D eigenvalue weighted by Crippen LogP contribution is 2.23. The van der Waals surface area contributed by atoms with Crippen LogP contribution >= 0.6 is 34.5 Å². The first kappa shape index (κ1) is 11.8. The van der Waals surface area contributed by atoms with E-state index in [2.05, 4.69) is 10.2 Å². The first-order valence-corrected chi connectivity index (χ1v) is 6.23. The largest absolute Gasteiger partial charge is 0.207 e. The van der Waals surface area contributed by atoms with Gasteiger partial charge < -0.3 is 0 Å². The summed E-state index contributed by atoms with van der Waals surface area (Å²) in [5, 5.41) is 9.63. The molecule has 0 amide bonds. The van der Waals surface area contributed by atoms with Crippen molar-refractivity contribution in [2.24, 2.45) is 0 Å². The summed E-state index contributed by atoms with van der Waals surface area (Å²) in [7, 11) is 0. The fourth-order valence-corrected chi connectivity index (χ4v) is 2.42. The van der Waals surface area contributed by atoms with Gasteiger partial charge in [0.2, 0.25) is 0 Å². The number of benzene rings is 1. The van der Waals surface area contributed by atoms with Crippen LogP contribution in [0.25, 0.3) is 0 Å². The number of rotatable bonds is 3. The number of nitrogens with zero attached hydrogens (tertiary/aromatic N) is 2. The van der Waals surface area contributed by atoms with Gasteiger partial charge in [0.05, 0.1) is 5.88 Å². The molecule has 1 heterocycles. The third-order valence-electron chi connectivity index (χ3n) is 2.01. The van der Waals surface area contributed by atoms with Gasteiger partial charge in [-0.3, -0.25) is 0 Å². The Hall–Kier alpha value is -0.710. The molecule has 2 aromatic rings. The number of halogens is 3. The molecule has 0 fully saturated rings. The minimum absolute atomic E-state index is 0.322. The van der Waals surface area contributed by atoms with Gasteiger partial charge in [0.25, 0.3) is 0 Å². The molecule has 1 aromatic heterocycles. The zero-order valence-electron chi connectivity index (χ0n) is 8.08. The van der Waals surface area contributed by atoms with Crippen LogP contribution in [0.2, 0.25) is 5.02 Å². The molecule has 0 aliphatic heterocycles. The number of aromatic nitrogens is 2. The Morgan fingerprint density at radius 2 is 2.00 bits per heavy atom. The molecule has 84 valence electrons. The number of hydrogen-bond acceptors (Lipinski definition) is 3. The van der Waals surface area contributed by atoms with Gasteiger partial charge in [-0.05, 0) is 12.1 Å². The Bertz CT molecular complexity index is 481. The Kier molecular flexibility index (Phi) is 3.74. The third kappa shape index (κ3) is 2.51. The summed E-state index contributed by atoms with van der Waals surface area (Å²) < 4.78 is 13.5. The standard InChI is InChI=1S/C10H7Cl2FN2S/c11-5-10-15-14-9(16-10)4-6-7(12)2-1-3-8(6)13/h1-3H,4-5H2. The van der Waals surface area contributed by atoms with E-state index in [1.165, 1.54) is 17.4 Å². The molecule has 0 bridgehead atoms. The zero-order valence-corrected chi connectivity index (χ0v) is 10.4. The van der Waals surface area contributed by atoms with E-state index in [-0.39, 0.29) is 5.82 Å². The van der Waals surface area contributed by atoms with E-state index in [1.54, 1.807) is 12.1 Å². The van der Waals surface area contributed by atoms with Crippen LogP contribution in [-0.2, 0) is 12.3 Å². The van der Waals surface area contributed by atoms with E-state index >= 15 is 0 Å². The molecule has 6 heteroatoms. The predicted molar refractivity (Wildman–Crippen MR) is 63.7 cm³/mol. The smallest absolute Gasteiger partial charge is 0.132 e. The summed E-state index contributed by atoms with van der Waals surface area (Å²) >= 11 is 12.9. The van der Waals surface area contributed by atoms with Gasteiger partial charge in [-0.15, -0.1) is 21.8 Å². The van der Waals surface area contributed by atoms with Crippen LogP contribution in [0, 0.1) is 5.82 Å². The summed E-state index contributed by atoms with van der Waals surface area (Å²) in [5.74, 6) is -0.00187. The van der Waals surface area contributed by atoms with Crippen LogP contribution in [0.3, 0.4) is 0 Å². The van der Waals surface area contributed by atoms with E-state index in [1.807, 2.05) is 0 Å². The number of hydrogen-bond donors (Lipinski definition) is 0. The van der Waals surface area contributed by atoms with Gasteiger partial charge in [0.15, 0.2) is 0 Å². The van der Waals surface area contributed by atoms with Gasteiger partial charge in [-0.2, -0.15) is 0 Å². The highest BCUT2D eigenvalue weighted by atomic mass is 35.5. The summed E-state index contributed by atoms with van der Waals surface area (Å²) in [6, 6.07) is 4.61. The van der Waals surface area contributed by atoms with Crippen molar-refractivity contribution in [1.29, 1.82) is 0 Å². The highest BCUT2D eigenvalue weighted by Gasteiger charge is 2.11. The Morgan fingerprint density at radius 3 is 2.62 bits per heavy atom. The fourth-order valence-electron chi connectivity index (χ4n) is 1.27. The van der Waals surface area contributed by atoms with Crippen molar-refractivity contribution in [3.8, 4) is 0 Å². The Morgan fingerprint density at radius 1 is 1.25 bits per heavy atom. The summed E-state index contributed by atoms with van der Waals surface area (Å²) in [5.41, 5.74) is 0.446. The monoisotopic (exact) mass is 276 g/mol. The van der Waals surface area contributed by atoms with Gasteiger partial charge in [-0.25, -0.2) is 4.39 Å². The average molecular weight is 277 g/mol. The van der Waals surface area contributed by atoms with Gasteiger partial charge in [0, 0.05) is 17.0 Å². The van der Waals surface area contributed by atoms with Gasteiger partial charge >= 0.3 is 0 Å². The lowest BCUT2D eigenvalue weighted by Gasteiger charge is -2.02. The topological polar surface area (TPSA) is 25.8 Å². The van der Waals surface area contributed by atoms with Crippen LogP contribution in [0.1, 0.15) is 15.6 Å². The van der Waals surface area contributed by atoms with Gasteiger partial charge in [-0.1, -0.05) is 29.0 Å². The third-order valence-corrected chi connectivity index (χ3v) is 3.70. The molecular formula is C10H7Cl2FN2S. The van der Waals surface area contributed by atoms with Crippen LogP contribution in [0.15, 0.2) is 18.2 Å². The van der Waals surface area contributed by atoms with Gasteiger partial charge in [0.1, 0.15) is 15.8 Å². The average Bonchev–Trinajstić information content (AvgIpc) is 2.71. The fraction of sp³-hybridized carbons (Fsp3) is 0.200. The molecule has 0 atom stereocenters. The molecule has 0 aliphatic rings. The Labute approximate surface area is 106 Å². The van der Waals surface area contributed by atoms with E-state index in [9.17, 15) is 4.39 Å². The minimum Gasteiger partial charge on any atom is -0.207 e. The second-order valence-corrected chi connectivity index (χ2v) is 4.92. The van der Waals surface area contributed by atoms with Crippen molar-refractivity contribution in [3.05, 3.63) is 44.6 Å². The maximum Gasteiger partial charge on any atom is 0.132 e. The maximum absolute atomic E-state index is 13.5. The normalized spacial score (nSPS) is 10.7. The molecule has 0 N–H and O–H groups in total. The minimum atomic E-state index is -0.324. The molecule has 0 spiro atoms. The quantitative estimate of drug-likeness (QED) is 0.800. The first-order valence-electron chi connectivity index (χ1n) is 4.51. The van der Waals surface area contributed by atoms with Crippen LogP contribution in [-0.4, -0.2) is 10.2 Å². The maximum atomic E-state index is 13.5. The summed E-state index contributed by atoms with van der Waals surface area (Å²) in [6.07, 6.45) is 0.347. The molecular weight excluding hydrogens is 270 g/mol. The van der Waals surface area contributed by atoms with E-state index < -0.39 is 0 Å². The van der Waals surface area contributed by atoms with E-state index in [0.717, 1.165) is 5.01 Å². The lowest BCUT2D eigenvalue weighted by Crippen LogP contribution is -1.93. The molecule has 0 aliphatic carbocycles. The lowest BCUT2D eigenvalue weighted by molar-refractivity contribution is 0.613. The van der Waals surface area contributed by atoms with Crippen molar-refractivity contribution in [2.45, 2.75) is 12.3 Å². The van der Waals surface area contributed by atoms with Crippen molar-refractivity contribution in [1.82, 2.24) is 10.2 Å². The molecule has 2 rings (SSSR count). The summed E-state index contributed by atoms with van der Waals surface area (Å²) in [6.45, 7) is 0. The number of alkyl halides is 1. The molecule has 0 saturated carbocycles. The van der Waals surface area contributed by atoms with E-state index in [0.29, 0.717) is 27.9 Å². The SMILES string of the molecule is Fc1cccc(Cl)c1Cc1nnc(CCl)s1. The molecule has 16 heavy (non-hydrogen) atoms. The molecule has 0 unspecified atom stereocenters. The second kappa shape index (κ2) is 5.08. The molecule has 2 nitrogen and oxygen atoms in total. The van der Waals surface area contributed by atoms with Crippen LogP contribution in [0.4, 0.5) is 4.39 Å².